The van der Waals surface area contributed by atoms with E-state index in [1.165, 1.54) is 18.2 Å². The number of nitrogens with two attached hydrogens (primary N) is 2. The Kier molecular flexibility index (Phi) is 3.94. The zero-order chi connectivity index (χ0) is 15.0. The minimum absolute atomic E-state index is 0.0750. The molecule has 0 aromatic heterocycles. The van der Waals surface area contributed by atoms with Gasteiger partial charge in [-0.1, -0.05) is 0 Å². The van der Waals surface area contributed by atoms with Crippen molar-refractivity contribution in [3.8, 4) is 0 Å². The van der Waals surface area contributed by atoms with Gasteiger partial charge in [-0.05, 0) is 31.0 Å². The Bertz CT molecular complexity index is 713. The van der Waals surface area contributed by atoms with Gasteiger partial charge in [0.05, 0.1) is 27.3 Å². The highest BCUT2D eigenvalue weighted by Crippen LogP contribution is 2.24. The molecule has 1 heterocycles. The Balaban J connectivity index is 2.11. The SMILES string of the molecule is Nc1cc(S(N)(=O)=O)ccc1NCC1CCCS1(=O)=O. The minimum atomic E-state index is -3.79. The van der Waals surface area contributed by atoms with Gasteiger partial charge in [-0.2, -0.15) is 0 Å². The van der Waals surface area contributed by atoms with Crippen LogP contribution in [0.2, 0.25) is 0 Å². The van der Waals surface area contributed by atoms with Crippen LogP contribution in [0.5, 0.6) is 0 Å². The minimum Gasteiger partial charge on any atom is -0.397 e. The Labute approximate surface area is 118 Å². The molecule has 1 aromatic rings. The van der Waals surface area contributed by atoms with E-state index < -0.39 is 25.1 Å². The Hall–Kier alpha value is -1.32. The van der Waals surface area contributed by atoms with Gasteiger partial charge in [0.25, 0.3) is 0 Å². The molecule has 20 heavy (non-hydrogen) atoms. The second-order valence-electron chi connectivity index (χ2n) is 4.81. The van der Waals surface area contributed by atoms with Gasteiger partial charge in [0, 0.05) is 6.54 Å². The van der Waals surface area contributed by atoms with Crippen LogP contribution in [0, 0.1) is 0 Å². The van der Waals surface area contributed by atoms with Crippen LogP contribution >= 0.6 is 0 Å². The van der Waals surface area contributed by atoms with Gasteiger partial charge in [0.2, 0.25) is 10.0 Å². The van der Waals surface area contributed by atoms with Crippen LogP contribution in [-0.2, 0) is 19.9 Å². The lowest BCUT2D eigenvalue weighted by Gasteiger charge is -2.14. The second kappa shape index (κ2) is 5.23. The molecule has 1 fully saturated rings. The van der Waals surface area contributed by atoms with E-state index in [-0.39, 0.29) is 22.9 Å². The highest BCUT2D eigenvalue weighted by atomic mass is 32.2. The van der Waals surface area contributed by atoms with E-state index >= 15 is 0 Å². The summed E-state index contributed by atoms with van der Waals surface area (Å²) in [5.41, 5.74) is 6.45. The molecule has 1 aliphatic heterocycles. The van der Waals surface area contributed by atoms with Crippen LogP contribution in [0.4, 0.5) is 11.4 Å². The largest absolute Gasteiger partial charge is 0.397 e. The van der Waals surface area contributed by atoms with Crippen LogP contribution in [0.1, 0.15) is 12.8 Å². The molecular weight excluding hydrogens is 302 g/mol. The fourth-order valence-corrected chi connectivity index (χ4v) is 4.50. The van der Waals surface area contributed by atoms with Crippen molar-refractivity contribution in [2.75, 3.05) is 23.3 Å². The summed E-state index contributed by atoms with van der Waals surface area (Å²) in [6.45, 7) is 0.265. The zero-order valence-electron chi connectivity index (χ0n) is 10.7. The van der Waals surface area contributed by atoms with Crippen LogP contribution in [-0.4, -0.2) is 34.4 Å². The number of rotatable bonds is 4. The first-order chi connectivity index (χ1) is 9.20. The maximum Gasteiger partial charge on any atom is 0.238 e. The molecule has 1 saturated heterocycles. The number of primary sulfonamides is 1. The first kappa shape index (κ1) is 15.1. The quantitative estimate of drug-likeness (QED) is 0.664. The lowest BCUT2D eigenvalue weighted by Crippen LogP contribution is -2.25. The van der Waals surface area contributed by atoms with Crippen molar-refractivity contribution in [1.29, 1.82) is 0 Å². The van der Waals surface area contributed by atoms with Crippen molar-refractivity contribution in [2.24, 2.45) is 5.14 Å². The number of nitrogen functional groups attached to an aromatic ring is 1. The average Bonchev–Trinajstić information content (AvgIpc) is 2.65. The predicted molar refractivity (Wildman–Crippen MR) is 77.5 cm³/mol. The van der Waals surface area contributed by atoms with E-state index in [1.807, 2.05) is 0 Å². The van der Waals surface area contributed by atoms with Crippen molar-refractivity contribution in [3.05, 3.63) is 18.2 Å². The number of sulfonamides is 1. The third kappa shape index (κ3) is 3.22. The molecular formula is C11H17N3O4S2. The highest BCUT2D eigenvalue weighted by molar-refractivity contribution is 7.92. The molecule has 1 aliphatic rings. The normalized spacial score (nSPS) is 21.8. The van der Waals surface area contributed by atoms with Gasteiger partial charge in [-0.3, -0.25) is 0 Å². The van der Waals surface area contributed by atoms with Crippen molar-refractivity contribution in [1.82, 2.24) is 0 Å². The molecule has 0 spiro atoms. The van der Waals surface area contributed by atoms with Crippen molar-refractivity contribution in [2.45, 2.75) is 23.0 Å². The molecule has 0 amide bonds. The third-order valence-corrected chi connectivity index (χ3v) is 6.52. The molecule has 0 radical (unpaired) electrons. The number of benzene rings is 1. The summed E-state index contributed by atoms with van der Waals surface area (Å²) in [5.74, 6) is 0.221. The van der Waals surface area contributed by atoms with E-state index in [2.05, 4.69) is 5.32 Å². The van der Waals surface area contributed by atoms with Crippen LogP contribution < -0.4 is 16.2 Å². The van der Waals surface area contributed by atoms with Crippen LogP contribution in [0.15, 0.2) is 23.1 Å². The zero-order valence-corrected chi connectivity index (χ0v) is 12.4. The molecule has 1 atom stereocenters. The summed E-state index contributed by atoms with van der Waals surface area (Å²) in [6, 6.07) is 4.06. The third-order valence-electron chi connectivity index (χ3n) is 3.33. The molecule has 0 aliphatic carbocycles. The molecule has 112 valence electrons. The number of anilines is 2. The van der Waals surface area contributed by atoms with Crippen molar-refractivity contribution >= 4 is 31.2 Å². The van der Waals surface area contributed by atoms with E-state index in [4.69, 9.17) is 10.9 Å². The first-order valence-electron chi connectivity index (χ1n) is 6.08. The second-order valence-corrected chi connectivity index (χ2v) is 8.77. The first-order valence-corrected chi connectivity index (χ1v) is 9.34. The van der Waals surface area contributed by atoms with Crippen molar-refractivity contribution in [3.63, 3.8) is 0 Å². The maximum atomic E-state index is 11.7. The van der Waals surface area contributed by atoms with Crippen LogP contribution in [0.3, 0.4) is 0 Å². The summed E-state index contributed by atoms with van der Waals surface area (Å²) in [5, 5.41) is 7.53. The molecule has 9 heteroatoms. The topological polar surface area (TPSA) is 132 Å². The number of hydrogen-bond donors (Lipinski definition) is 3. The highest BCUT2D eigenvalue weighted by Gasteiger charge is 2.30. The fraction of sp³-hybridized carbons (Fsp3) is 0.455. The Morgan fingerprint density at radius 2 is 2.05 bits per heavy atom. The van der Waals surface area contributed by atoms with E-state index in [0.717, 1.165) is 0 Å². The fourth-order valence-electron chi connectivity index (χ4n) is 2.19. The maximum absolute atomic E-state index is 11.7. The number of hydrogen-bond acceptors (Lipinski definition) is 6. The van der Waals surface area contributed by atoms with Gasteiger partial charge in [-0.25, -0.2) is 22.0 Å². The van der Waals surface area contributed by atoms with E-state index in [1.54, 1.807) is 0 Å². The summed E-state index contributed by atoms with van der Waals surface area (Å²) in [7, 11) is -6.82. The number of nitrogens with one attached hydrogen (secondary N) is 1. The molecule has 2 rings (SSSR count). The Morgan fingerprint density at radius 3 is 2.55 bits per heavy atom. The van der Waals surface area contributed by atoms with E-state index in [0.29, 0.717) is 18.5 Å². The van der Waals surface area contributed by atoms with Gasteiger partial charge in [-0.15, -0.1) is 0 Å². The lowest BCUT2D eigenvalue weighted by atomic mass is 10.2. The van der Waals surface area contributed by atoms with Crippen LogP contribution in [0.25, 0.3) is 0 Å². The molecule has 5 N–H and O–H groups in total. The van der Waals surface area contributed by atoms with Gasteiger partial charge < -0.3 is 11.1 Å². The lowest BCUT2D eigenvalue weighted by molar-refractivity contribution is 0.591. The van der Waals surface area contributed by atoms with Gasteiger partial charge in [0.1, 0.15) is 0 Å². The Morgan fingerprint density at radius 1 is 1.35 bits per heavy atom. The van der Waals surface area contributed by atoms with Gasteiger partial charge in [0.15, 0.2) is 9.84 Å². The summed E-state index contributed by atoms with van der Waals surface area (Å²) in [4.78, 5) is -0.0750. The predicted octanol–water partition coefficient (Wildman–Crippen LogP) is -0.0947. The molecule has 7 nitrogen and oxygen atoms in total. The molecule has 1 unspecified atom stereocenters. The number of sulfone groups is 1. The van der Waals surface area contributed by atoms with Crippen molar-refractivity contribution < 1.29 is 16.8 Å². The van der Waals surface area contributed by atoms with Gasteiger partial charge >= 0.3 is 0 Å². The smallest absolute Gasteiger partial charge is 0.238 e. The summed E-state index contributed by atoms with van der Waals surface area (Å²) >= 11 is 0. The standard InChI is InChI=1S/C11H17N3O4S2/c12-10-6-8(20(13,17)18)3-4-11(10)14-7-9-2-1-5-19(9,15)16/h3-4,6,9,14H,1-2,5,7,12H2,(H2,13,17,18). The molecule has 1 aromatic carbocycles. The average molecular weight is 319 g/mol. The summed E-state index contributed by atoms with van der Waals surface area (Å²) < 4.78 is 45.7. The van der Waals surface area contributed by atoms with E-state index in [9.17, 15) is 16.8 Å². The molecule has 0 bridgehead atoms. The molecule has 0 saturated carbocycles. The monoisotopic (exact) mass is 319 g/mol. The summed E-state index contributed by atoms with van der Waals surface area (Å²) in [6.07, 6.45) is 1.30.